The van der Waals surface area contributed by atoms with Gasteiger partial charge >= 0.3 is 5.97 Å². The van der Waals surface area contributed by atoms with Crippen LogP contribution in [0, 0.1) is 59.2 Å². The molecule has 4 bridgehead atoms. The van der Waals surface area contributed by atoms with Crippen LogP contribution in [0.25, 0.3) is 0 Å². The van der Waals surface area contributed by atoms with Crippen molar-refractivity contribution < 1.29 is 57.7 Å². The number of benzene rings is 4. The summed E-state index contributed by atoms with van der Waals surface area (Å²) in [4.78, 5) is 125. The fourth-order valence-corrected chi connectivity index (χ4v) is 28.7. The normalized spacial score (nSPS) is 24.0. The number of hydrogen-bond donors (Lipinski definition) is 1. The zero-order valence-corrected chi connectivity index (χ0v) is 88.9. The minimum Gasteiger partial charge on any atom is -0.461 e. The Morgan fingerprint density at radius 3 is 1.10 bits per heavy atom. The van der Waals surface area contributed by atoms with E-state index in [-0.39, 0.29) is 69.2 Å². The third kappa shape index (κ3) is 30.0. The molecule has 16 nitrogen and oxygen atoms in total. The SMILES string of the molecule is CCCCCCCCC1C(CCCCCC)CCC(CCCCCCCCC(C)(C)N2C(=O)C=CC2=O)C1CCCCCCCCN1C(=O)c2ccc(C(O)Oc3ccc(C45CC6CC(CC(c7ccc(OC(=O)c8ccc9c(c8)C(=O)N(C(C)(C)CCCCCCCC8C(CCCCCCCCN%10C(=O)C=CC%10=O)CCC(CCCCCC)C8CCCCCCCC)C9=O)cc7)(C6)C4)C5)cc3)cc2C1=O. The number of carbonyl (C=O) groups excluding carboxylic acids is 9. The van der Waals surface area contributed by atoms with E-state index in [0.717, 1.165) is 163 Å². The lowest BCUT2D eigenvalue weighted by Crippen LogP contribution is -2.55. The highest BCUT2D eigenvalue weighted by Gasteiger charge is 2.59. The summed E-state index contributed by atoms with van der Waals surface area (Å²) in [6, 6.07) is 26.2. The molecule has 1 N–H and O–H groups in total. The molecular weight excluding hydrogens is 1750 g/mol. The van der Waals surface area contributed by atoms with E-state index in [4.69, 9.17) is 9.47 Å². The van der Waals surface area contributed by atoms with Gasteiger partial charge in [-0.1, -0.05) is 347 Å². The van der Waals surface area contributed by atoms with Gasteiger partial charge < -0.3 is 14.6 Å². The monoisotopic (exact) mass is 1930 g/mol. The fraction of sp³-hybridized carbons (Fsp3) is 0.704. The van der Waals surface area contributed by atoms with Crippen molar-refractivity contribution >= 4 is 53.2 Å². The molecular formula is C125H184N4O12. The van der Waals surface area contributed by atoms with Gasteiger partial charge in [0.25, 0.3) is 47.3 Å². The highest BCUT2D eigenvalue weighted by molar-refractivity contribution is 6.23. The quantitative estimate of drug-likeness (QED) is 0.0144. The second-order valence-corrected chi connectivity index (χ2v) is 47.3. The maximum atomic E-state index is 14.4. The van der Waals surface area contributed by atoms with Gasteiger partial charge in [0.2, 0.25) is 6.29 Å². The smallest absolute Gasteiger partial charge is 0.343 e. The molecule has 4 aromatic rings. The Labute approximate surface area is 851 Å². The average molecular weight is 1930 g/mol. The summed E-state index contributed by atoms with van der Waals surface area (Å²) in [6.07, 6.45) is 81.9. The predicted octanol–water partition coefficient (Wildman–Crippen LogP) is 31.6. The molecule has 4 heterocycles. The maximum Gasteiger partial charge on any atom is 0.343 e. The topological polar surface area (TPSA) is 205 Å². The lowest BCUT2D eigenvalue weighted by atomic mass is 9.42. The Morgan fingerprint density at radius 2 is 0.674 bits per heavy atom. The van der Waals surface area contributed by atoms with Crippen LogP contribution < -0.4 is 9.47 Å². The van der Waals surface area contributed by atoms with E-state index in [2.05, 4.69) is 52.0 Å². The second kappa shape index (κ2) is 55.1. The summed E-state index contributed by atoms with van der Waals surface area (Å²) in [5.41, 5.74) is 3.17. The average Bonchev–Trinajstić information content (AvgIpc) is 1.50. The minimum absolute atomic E-state index is 0.0375. The van der Waals surface area contributed by atoms with Crippen LogP contribution in [0.3, 0.4) is 0 Å². The molecule has 0 saturated heterocycles. The number of unbranched alkanes of at least 4 members (excludes halogenated alkanes) is 35. The van der Waals surface area contributed by atoms with Crippen LogP contribution in [0.15, 0.2) is 109 Å². The zero-order chi connectivity index (χ0) is 99.7. The van der Waals surface area contributed by atoms with Crippen LogP contribution in [-0.4, -0.2) is 102 Å². The number of esters is 1. The molecule has 4 aromatic carbocycles. The largest absolute Gasteiger partial charge is 0.461 e. The van der Waals surface area contributed by atoms with Gasteiger partial charge in [-0.3, -0.25) is 58.0 Å². The van der Waals surface area contributed by atoms with Gasteiger partial charge in [-0.15, -0.1) is 0 Å². The van der Waals surface area contributed by atoms with Crippen LogP contribution in [0.4, 0.5) is 0 Å². The van der Waals surface area contributed by atoms with Gasteiger partial charge in [-0.25, -0.2) is 4.79 Å². The number of nitrogens with zero attached hydrogens (tertiary/aromatic N) is 4. The molecule has 141 heavy (non-hydrogen) atoms. The number of rotatable bonds is 68. The van der Waals surface area contributed by atoms with E-state index in [0.29, 0.717) is 65.1 Å². The highest BCUT2D eigenvalue weighted by atomic mass is 16.6. The number of fused-ring (bicyclic) bond motifs is 2. The van der Waals surface area contributed by atoms with Crippen molar-refractivity contribution in [1.82, 2.24) is 19.6 Å². The van der Waals surface area contributed by atoms with Crippen molar-refractivity contribution in [2.75, 3.05) is 13.1 Å². The summed E-state index contributed by atoms with van der Waals surface area (Å²) in [5, 5.41) is 11.7. The van der Waals surface area contributed by atoms with E-state index in [1.807, 2.05) is 52.0 Å². The molecule has 10 aliphatic rings. The van der Waals surface area contributed by atoms with Crippen molar-refractivity contribution in [2.24, 2.45) is 59.2 Å². The third-order valence-corrected chi connectivity index (χ3v) is 36.1. The van der Waals surface area contributed by atoms with Gasteiger partial charge in [-0.2, -0.15) is 0 Å². The summed E-state index contributed by atoms with van der Waals surface area (Å²) in [7, 11) is 0. The highest BCUT2D eigenvalue weighted by Crippen LogP contribution is 2.67. The van der Waals surface area contributed by atoms with E-state index in [9.17, 15) is 48.3 Å². The number of aliphatic hydroxyl groups excluding tert-OH is 1. The van der Waals surface area contributed by atoms with Crippen LogP contribution in [0.5, 0.6) is 11.5 Å². The first-order valence-electron chi connectivity index (χ1n) is 58.3. The summed E-state index contributed by atoms with van der Waals surface area (Å²) >= 11 is 0. The molecule has 6 fully saturated rings. The molecule has 14 rings (SSSR count). The molecule has 6 aliphatic carbocycles. The van der Waals surface area contributed by atoms with Crippen LogP contribution >= 0.6 is 0 Å². The first-order valence-corrected chi connectivity index (χ1v) is 58.3. The van der Waals surface area contributed by atoms with Gasteiger partial charge in [0, 0.05) is 54.0 Å². The van der Waals surface area contributed by atoms with Gasteiger partial charge in [-0.05, 0) is 279 Å². The molecule has 0 spiro atoms. The molecule has 4 aliphatic heterocycles. The van der Waals surface area contributed by atoms with Crippen molar-refractivity contribution in [3.05, 3.63) is 154 Å². The Kier molecular flexibility index (Phi) is 43.1. The standard InChI is InChI=1S/C125H184N4O12/c1-9-13-17-21-32-44-56-104-94(52-40-19-15-11-3)60-62-96(54-42-30-23-26-36-48-80-122(5,6)128-114(132)78-79-115(128)133)106(104)58-46-34-25-28-39-51-83-127-116(134)108-74-64-98(85-110(108)117(127)135)120(138)140-102-70-66-100(67-71-102)124-87-92-84-93(88-124)90-125(89-92,91-124)101-68-72-103(73-69-101)141-121(139)99-65-75-109-111(86-99)119(137)129(118(109)136)123(7,8)81-49-37-29-35-47-59-107-97(55-43-31-24-27-38-50-82-126-112(130)76-77-113(126)131)63-61-95(53-41-20-16-12-4)105(107)57-45-33-22-18-14-10-2/h64-79,85-86,92-97,104-107,120,138H,9-63,80-84,87-91H2,1-8H3. The molecule has 11 atom stereocenters. The Balaban J connectivity index is 0.538. The Bertz CT molecular complexity index is 4680. The van der Waals surface area contributed by atoms with E-state index < -0.39 is 23.3 Å². The fourth-order valence-electron chi connectivity index (χ4n) is 28.7. The van der Waals surface area contributed by atoms with Crippen molar-refractivity contribution in [3.8, 4) is 11.5 Å². The minimum atomic E-state index is -1.35. The maximum absolute atomic E-state index is 14.4. The number of hydrogen-bond acceptors (Lipinski definition) is 12. The van der Waals surface area contributed by atoms with Crippen LogP contribution in [0.2, 0.25) is 0 Å². The molecule has 11 unspecified atom stereocenters. The second-order valence-electron chi connectivity index (χ2n) is 47.3. The van der Waals surface area contributed by atoms with Crippen LogP contribution in [-0.2, 0) is 30.0 Å². The number of aliphatic hydroxyl groups is 1. The molecule has 0 aromatic heterocycles. The molecule has 776 valence electrons. The predicted molar refractivity (Wildman–Crippen MR) is 569 cm³/mol. The van der Waals surface area contributed by atoms with Crippen molar-refractivity contribution in [3.63, 3.8) is 0 Å². The van der Waals surface area contributed by atoms with Gasteiger partial charge in [0.15, 0.2) is 0 Å². The lowest BCUT2D eigenvalue weighted by molar-refractivity contribution is -0.143. The first kappa shape index (κ1) is 110. The molecule has 0 radical (unpaired) electrons. The van der Waals surface area contributed by atoms with Crippen LogP contribution in [0.1, 0.15) is 535 Å². The van der Waals surface area contributed by atoms with Gasteiger partial charge in [0.05, 0.1) is 27.8 Å². The van der Waals surface area contributed by atoms with Crippen molar-refractivity contribution in [1.29, 1.82) is 0 Å². The zero-order valence-electron chi connectivity index (χ0n) is 88.9. The van der Waals surface area contributed by atoms with Gasteiger partial charge in [0.1, 0.15) is 11.5 Å². The number of ether oxygens (including phenoxy) is 2. The first-order chi connectivity index (χ1) is 68.4. The number of carbonyl (C=O) groups is 9. The Hall–Kier alpha value is -7.85. The lowest BCUT2D eigenvalue weighted by Gasteiger charge is -2.62. The molecule has 8 amide bonds. The Morgan fingerprint density at radius 1 is 0.348 bits per heavy atom. The van der Waals surface area contributed by atoms with E-state index in [1.54, 1.807) is 36.4 Å². The number of imide groups is 4. The van der Waals surface area contributed by atoms with E-state index in [1.165, 1.54) is 338 Å². The summed E-state index contributed by atoms with van der Waals surface area (Å²) < 4.78 is 12.3. The molecule has 16 heteroatoms. The summed E-state index contributed by atoms with van der Waals surface area (Å²) in [6.45, 7) is 18.2. The van der Waals surface area contributed by atoms with Crippen molar-refractivity contribution in [2.45, 2.75) is 488 Å². The number of amides is 8. The third-order valence-electron chi connectivity index (χ3n) is 36.1. The van der Waals surface area contributed by atoms with E-state index >= 15 is 0 Å². The summed E-state index contributed by atoms with van der Waals surface area (Å²) in [5.74, 6) is 6.11. The molecule has 6 saturated carbocycles.